The fourth-order valence-corrected chi connectivity index (χ4v) is 2.64. The van der Waals surface area contributed by atoms with Gasteiger partial charge < -0.3 is 4.74 Å². The van der Waals surface area contributed by atoms with Gasteiger partial charge in [-0.15, -0.1) is 6.42 Å². The summed E-state index contributed by atoms with van der Waals surface area (Å²) in [5, 5.41) is -0.328. The summed E-state index contributed by atoms with van der Waals surface area (Å²) in [6, 6.07) is 7.40. The lowest BCUT2D eigenvalue weighted by molar-refractivity contribution is -0.122. The van der Waals surface area contributed by atoms with E-state index in [0.29, 0.717) is 17.4 Å². The summed E-state index contributed by atoms with van der Waals surface area (Å²) in [6.45, 7) is 4.83. The van der Waals surface area contributed by atoms with Gasteiger partial charge in [0, 0.05) is 0 Å². The molecule has 114 valence electrons. The monoisotopic (exact) mass is 315 g/mol. The number of hydrogen-bond acceptors (Lipinski definition) is 4. The Morgan fingerprint density at radius 3 is 2.59 bits per heavy atom. The average molecular weight is 315 g/mol. The maximum absolute atomic E-state index is 12.1. The molecular weight excluding hydrogens is 298 g/mol. The second-order valence-electron chi connectivity index (χ2n) is 5.25. The lowest BCUT2D eigenvalue weighted by Crippen LogP contribution is -2.28. The van der Waals surface area contributed by atoms with Crippen molar-refractivity contribution in [2.45, 2.75) is 13.8 Å². The smallest absolute Gasteiger partial charge is 0.294 e. The molecular formula is C17H17NO3S. The van der Waals surface area contributed by atoms with Gasteiger partial charge in [0.15, 0.2) is 0 Å². The Morgan fingerprint density at radius 1 is 1.32 bits per heavy atom. The van der Waals surface area contributed by atoms with E-state index in [1.807, 2.05) is 24.3 Å². The summed E-state index contributed by atoms with van der Waals surface area (Å²) in [5.74, 6) is 3.22. The topological polar surface area (TPSA) is 46.6 Å². The minimum absolute atomic E-state index is 0.00396. The summed E-state index contributed by atoms with van der Waals surface area (Å²) >= 11 is 0.907. The van der Waals surface area contributed by atoms with Crippen LogP contribution < -0.4 is 4.74 Å². The highest BCUT2D eigenvalue weighted by atomic mass is 32.2. The average Bonchev–Trinajstić information content (AvgIpc) is 2.74. The number of benzene rings is 1. The third kappa shape index (κ3) is 3.92. The van der Waals surface area contributed by atoms with Crippen LogP contribution >= 0.6 is 11.8 Å². The van der Waals surface area contributed by atoms with Crippen molar-refractivity contribution >= 4 is 29.0 Å². The van der Waals surface area contributed by atoms with Gasteiger partial charge in [0.1, 0.15) is 5.75 Å². The van der Waals surface area contributed by atoms with Gasteiger partial charge in [-0.05, 0) is 41.5 Å². The van der Waals surface area contributed by atoms with E-state index in [4.69, 9.17) is 11.2 Å². The Bertz CT molecular complexity index is 641. The van der Waals surface area contributed by atoms with Gasteiger partial charge >= 0.3 is 0 Å². The van der Waals surface area contributed by atoms with Crippen LogP contribution in [0.2, 0.25) is 0 Å². The molecule has 0 saturated carbocycles. The summed E-state index contributed by atoms with van der Waals surface area (Å²) in [6.07, 6.45) is 6.85. The Labute approximate surface area is 134 Å². The van der Waals surface area contributed by atoms with Crippen molar-refractivity contribution in [3.05, 3.63) is 34.7 Å². The SMILES string of the molecule is C#CCN1C(=O)S/C(=C/c2ccc(OCC(C)C)cc2)C1=O. The molecule has 2 rings (SSSR count). The van der Waals surface area contributed by atoms with Crippen molar-refractivity contribution in [1.29, 1.82) is 0 Å². The molecule has 0 N–H and O–H groups in total. The molecule has 2 amide bonds. The maximum Gasteiger partial charge on any atom is 0.294 e. The zero-order chi connectivity index (χ0) is 16.1. The number of hydrogen-bond donors (Lipinski definition) is 0. The fourth-order valence-electron chi connectivity index (χ4n) is 1.80. The molecule has 0 atom stereocenters. The van der Waals surface area contributed by atoms with Crippen molar-refractivity contribution in [3.8, 4) is 18.1 Å². The van der Waals surface area contributed by atoms with Crippen molar-refractivity contribution in [2.24, 2.45) is 5.92 Å². The number of rotatable bonds is 5. The molecule has 0 spiro atoms. The predicted octanol–water partition coefficient (Wildman–Crippen LogP) is 3.39. The van der Waals surface area contributed by atoms with Gasteiger partial charge in [0.2, 0.25) is 0 Å². The lowest BCUT2D eigenvalue weighted by atomic mass is 10.2. The molecule has 1 saturated heterocycles. The van der Waals surface area contributed by atoms with Crippen molar-refractivity contribution in [2.75, 3.05) is 13.2 Å². The molecule has 1 aliphatic rings. The first-order valence-electron chi connectivity index (χ1n) is 6.93. The van der Waals surface area contributed by atoms with E-state index >= 15 is 0 Å². The van der Waals surface area contributed by atoms with Crippen LogP contribution in [0.4, 0.5) is 4.79 Å². The Hall–Kier alpha value is -2.19. The summed E-state index contributed by atoms with van der Waals surface area (Å²) in [7, 11) is 0. The van der Waals surface area contributed by atoms with Crippen molar-refractivity contribution < 1.29 is 14.3 Å². The Morgan fingerprint density at radius 2 is 2.00 bits per heavy atom. The fraction of sp³-hybridized carbons (Fsp3) is 0.294. The van der Waals surface area contributed by atoms with Gasteiger partial charge in [-0.2, -0.15) is 0 Å². The number of carbonyl (C=O) groups is 2. The van der Waals surface area contributed by atoms with E-state index in [2.05, 4.69) is 19.8 Å². The molecule has 1 aliphatic heterocycles. The molecule has 0 bridgehead atoms. The summed E-state index contributed by atoms with van der Waals surface area (Å²) in [4.78, 5) is 25.2. The first kappa shape index (κ1) is 16.2. The van der Waals surface area contributed by atoms with E-state index in [1.54, 1.807) is 6.08 Å². The molecule has 0 aromatic heterocycles. The number of thioether (sulfide) groups is 1. The first-order valence-corrected chi connectivity index (χ1v) is 7.74. The molecule has 1 heterocycles. The Kier molecular flexibility index (Phi) is 5.29. The van der Waals surface area contributed by atoms with Crippen LogP contribution in [0.15, 0.2) is 29.2 Å². The van der Waals surface area contributed by atoms with Crippen LogP contribution in [-0.2, 0) is 4.79 Å². The van der Waals surface area contributed by atoms with E-state index in [0.717, 1.165) is 28.0 Å². The van der Waals surface area contributed by atoms with Crippen molar-refractivity contribution in [3.63, 3.8) is 0 Å². The largest absolute Gasteiger partial charge is 0.493 e. The normalized spacial score (nSPS) is 16.5. The molecule has 0 radical (unpaired) electrons. The number of imide groups is 1. The minimum Gasteiger partial charge on any atom is -0.493 e. The van der Waals surface area contributed by atoms with Crippen LogP contribution in [0.25, 0.3) is 6.08 Å². The standard InChI is InChI=1S/C17H17NO3S/c1-4-9-18-16(19)15(22-17(18)20)10-13-5-7-14(8-6-13)21-11-12(2)3/h1,5-8,10,12H,9,11H2,2-3H3/b15-10+. The maximum atomic E-state index is 12.1. The lowest BCUT2D eigenvalue weighted by Gasteiger charge is -2.08. The second-order valence-corrected chi connectivity index (χ2v) is 6.24. The van der Waals surface area contributed by atoms with Crippen LogP contribution in [0, 0.1) is 18.3 Å². The van der Waals surface area contributed by atoms with Gasteiger partial charge in [-0.1, -0.05) is 31.9 Å². The van der Waals surface area contributed by atoms with E-state index in [-0.39, 0.29) is 17.7 Å². The summed E-state index contributed by atoms with van der Waals surface area (Å²) < 4.78 is 5.60. The quantitative estimate of drug-likeness (QED) is 0.617. The van der Waals surface area contributed by atoms with Crippen molar-refractivity contribution in [1.82, 2.24) is 4.90 Å². The first-order chi connectivity index (χ1) is 10.5. The van der Waals surface area contributed by atoms with Gasteiger partial charge in [-0.3, -0.25) is 14.5 Å². The van der Waals surface area contributed by atoms with Gasteiger partial charge in [-0.25, -0.2) is 0 Å². The molecule has 5 heteroatoms. The molecule has 1 fully saturated rings. The molecule has 1 aromatic carbocycles. The van der Waals surface area contributed by atoms with Gasteiger partial charge in [0.25, 0.3) is 11.1 Å². The van der Waals surface area contributed by atoms with Crippen LogP contribution in [0.1, 0.15) is 19.4 Å². The zero-order valence-corrected chi connectivity index (χ0v) is 13.4. The number of amides is 2. The Balaban J connectivity index is 2.08. The highest BCUT2D eigenvalue weighted by Crippen LogP contribution is 2.32. The minimum atomic E-state index is -0.340. The highest BCUT2D eigenvalue weighted by molar-refractivity contribution is 8.18. The molecule has 22 heavy (non-hydrogen) atoms. The number of carbonyl (C=O) groups excluding carboxylic acids is 2. The molecule has 1 aromatic rings. The molecule has 0 aliphatic carbocycles. The summed E-state index contributed by atoms with van der Waals surface area (Å²) in [5.41, 5.74) is 0.836. The van der Waals surface area contributed by atoms with Gasteiger partial charge in [0.05, 0.1) is 18.1 Å². The van der Waals surface area contributed by atoms with Crippen LogP contribution in [0.5, 0.6) is 5.75 Å². The second kappa shape index (κ2) is 7.19. The van der Waals surface area contributed by atoms with E-state index < -0.39 is 0 Å². The molecule has 0 unspecified atom stereocenters. The molecule has 4 nitrogen and oxygen atoms in total. The number of nitrogens with zero attached hydrogens (tertiary/aromatic N) is 1. The van der Waals surface area contributed by atoms with E-state index in [9.17, 15) is 9.59 Å². The number of terminal acetylenes is 1. The number of ether oxygens (including phenoxy) is 1. The zero-order valence-electron chi connectivity index (χ0n) is 12.5. The highest BCUT2D eigenvalue weighted by Gasteiger charge is 2.34. The predicted molar refractivity (Wildman–Crippen MR) is 88.3 cm³/mol. The van der Waals surface area contributed by atoms with Crippen LogP contribution in [0.3, 0.4) is 0 Å². The van der Waals surface area contributed by atoms with Crippen LogP contribution in [-0.4, -0.2) is 29.2 Å². The van der Waals surface area contributed by atoms with E-state index in [1.165, 1.54) is 0 Å². The third-order valence-corrected chi connectivity index (χ3v) is 3.79. The third-order valence-electron chi connectivity index (χ3n) is 2.88.